The number of para-hydroxylation sites is 1. The summed E-state index contributed by atoms with van der Waals surface area (Å²) in [5.74, 6) is 0.0172. The Morgan fingerprint density at radius 2 is 1.71 bits per heavy atom. The van der Waals surface area contributed by atoms with Crippen LogP contribution in [0.1, 0.15) is 25.3 Å². The molecule has 0 saturated carbocycles. The Kier molecular flexibility index (Phi) is 7.06. The van der Waals surface area contributed by atoms with E-state index in [1.807, 2.05) is 61.5 Å². The molecule has 3 rings (SSSR count). The van der Waals surface area contributed by atoms with Crippen LogP contribution in [-0.2, 0) is 16.1 Å². The highest BCUT2D eigenvalue weighted by Crippen LogP contribution is 2.21. The molecule has 0 aliphatic carbocycles. The molecule has 1 heterocycles. The minimum Gasteiger partial charge on any atom is -0.351 e. The number of likely N-dealkylation sites (tertiary alicyclic amines) is 1. The van der Waals surface area contributed by atoms with Gasteiger partial charge in [0.15, 0.2) is 0 Å². The predicted octanol–water partition coefficient (Wildman–Crippen LogP) is 3.70. The van der Waals surface area contributed by atoms with Gasteiger partial charge in [-0.3, -0.25) is 14.5 Å². The summed E-state index contributed by atoms with van der Waals surface area (Å²) in [4.78, 5) is 27.1. The van der Waals surface area contributed by atoms with Gasteiger partial charge in [0, 0.05) is 23.2 Å². The molecule has 1 aliphatic heterocycles. The molecule has 2 N–H and O–H groups in total. The lowest BCUT2D eigenvalue weighted by molar-refractivity contribution is -0.127. The molecule has 1 fully saturated rings. The maximum atomic E-state index is 12.5. The number of nitrogens with zero attached hydrogens (tertiary/aromatic N) is 1. The van der Waals surface area contributed by atoms with E-state index in [4.69, 9.17) is 11.6 Å². The van der Waals surface area contributed by atoms with Gasteiger partial charge in [-0.15, -0.1) is 0 Å². The number of hydrogen-bond donors (Lipinski definition) is 2. The Hall–Kier alpha value is -2.37. The van der Waals surface area contributed by atoms with Crippen LogP contribution in [0.3, 0.4) is 0 Å². The zero-order valence-electron chi connectivity index (χ0n) is 16.0. The smallest absolute Gasteiger partial charge is 0.237 e. The van der Waals surface area contributed by atoms with Crippen LogP contribution in [-0.4, -0.2) is 35.8 Å². The maximum Gasteiger partial charge on any atom is 0.237 e. The maximum absolute atomic E-state index is 12.5. The Bertz CT molecular complexity index is 804. The van der Waals surface area contributed by atoms with Crippen LogP contribution >= 0.6 is 11.6 Å². The average Bonchev–Trinajstić information content (AvgIpc) is 2.73. The topological polar surface area (TPSA) is 61.4 Å². The highest BCUT2D eigenvalue weighted by molar-refractivity contribution is 6.31. The molecule has 0 radical (unpaired) electrons. The van der Waals surface area contributed by atoms with Gasteiger partial charge in [0.1, 0.15) is 0 Å². The van der Waals surface area contributed by atoms with Crippen LogP contribution < -0.4 is 10.6 Å². The van der Waals surface area contributed by atoms with Crippen molar-refractivity contribution < 1.29 is 9.59 Å². The van der Waals surface area contributed by atoms with E-state index < -0.39 is 0 Å². The molecule has 1 saturated heterocycles. The minimum atomic E-state index is -0.236. The van der Waals surface area contributed by atoms with E-state index in [-0.39, 0.29) is 23.8 Å². The molecule has 1 atom stereocenters. The van der Waals surface area contributed by atoms with Crippen molar-refractivity contribution in [2.75, 3.05) is 18.4 Å². The van der Waals surface area contributed by atoms with Gasteiger partial charge in [0.05, 0.1) is 6.04 Å². The van der Waals surface area contributed by atoms with Crippen molar-refractivity contribution in [2.24, 2.45) is 5.92 Å². The van der Waals surface area contributed by atoms with Crippen LogP contribution in [0.4, 0.5) is 5.69 Å². The first-order chi connectivity index (χ1) is 13.5. The Labute approximate surface area is 171 Å². The van der Waals surface area contributed by atoms with Gasteiger partial charge >= 0.3 is 0 Å². The van der Waals surface area contributed by atoms with Gasteiger partial charge in [-0.2, -0.15) is 0 Å². The quantitative estimate of drug-likeness (QED) is 0.778. The predicted molar refractivity (Wildman–Crippen MR) is 112 cm³/mol. The number of carbonyl (C=O) groups excluding carboxylic acids is 2. The van der Waals surface area contributed by atoms with Gasteiger partial charge < -0.3 is 10.6 Å². The van der Waals surface area contributed by atoms with E-state index in [2.05, 4.69) is 15.5 Å². The Morgan fingerprint density at radius 3 is 2.39 bits per heavy atom. The van der Waals surface area contributed by atoms with Crippen molar-refractivity contribution in [3.05, 3.63) is 65.2 Å². The van der Waals surface area contributed by atoms with E-state index >= 15 is 0 Å². The fourth-order valence-electron chi connectivity index (χ4n) is 3.45. The molecule has 2 aromatic carbocycles. The van der Waals surface area contributed by atoms with Crippen molar-refractivity contribution in [3.63, 3.8) is 0 Å². The second kappa shape index (κ2) is 9.71. The summed E-state index contributed by atoms with van der Waals surface area (Å²) in [5.41, 5.74) is 1.73. The number of rotatable bonds is 6. The lowest BCUT2D eigenvalue weighted by atomic mass is 9.94. The third-order valence-corrected chi connectivity index (χ3v) is 5.65. The van der Waals surface area contributed by atoms with Gasteiger partial charge in [0.25, 0.3) is 0 Å². The molecule has 2 aromatic rings. The summed E-state index contributed by atoms with van der Waals surface area (Å²) in [6, 6.07) is 16.8. The molecule has 148 valence electrons. The Morgan fingerprint density at radius 1 is 1.07 bits per heavy atom. The fourth-order valence-corrected chi connectivity index (χ4v) is 3.65. The molecule has 0 spiro atoms. The summed E-state index contributed by atoms with van der Waals surface area (Å²) in [5, 5.41) is 6.59. The highest BCUT2D eigenvalue weighted by atomic mass is 35.5. The molecular formula is C22H26ClN3O2. The first-order valence-corrected chi connectivity index (χ1v) is 10.0. The van der Waals surface area contributed by atoms with Crippen LogP contribution in [0.2, 0.25) is 5.02 Å². The molecule has 28 heavy (non-hydrogen) atoms. The van der Waals surface area contributed by atoms with Crippen molar-refractivity contribution in [3.8, 4) is 0 Å². The van der Waals surface area contributed by atoms with E-state index in [1.165, 1.54) is 0 Å². The number of anilines is 1. The number of nitrogens with one attached hydrogen (secondary N) is 2. The monoisotopic (exact) mass is 399 g/mol. The van der Waals surface area contributed by atoms with Crippen molar-refractivity contribution in [1.82, 2.24) is 10.2 Å². The molecule has 1 unspecified atom stereocenters. The van der Waals surface area contributed by atoms with Crippen molar-refractivity contribution >= 4 is 29.1 Å². The number of piperidine rings is 1. The summed E-state index contributed by atoms with van der Waals surface area (Å²) in [6.45, 7) is 3.78. The second-order valence-corrected chi connectivity index (χ2v) is 7.56. The normalized spacial score (nSPS) is 16.4. The van der Waals surface area contributed by atoms with Gasteiger partial charge in [-0.05, 0) is 56.6 Å². The third kappa shape index (κ3) is 5.33. The number of benzene rings is 2. The third-order valence-electron chi connectivity index (χ3n) is 5.28. The van der Waals surface area contributed by atoms with E-state index in [1.54, 1.807) is 0 Å². The van der Waals surface area contributed by atoms with Crippen LogP contribution in [0.25, 0.3) is 0 Å². The van der Waals surface area contributed by atoms with Gasteiger partial charge in [-0.25, -0.2) is 0 Å². The lowest BCUT2D eigenvalue weighted by Crippen LogP contribution is -2.49. The molecule has 0 aromatic heterocycles. The molecule has 0 bridgehead atoms. The standard InChI is InChI=1S/C22H26ClN3O2/c1-16(21(27)24-15-18-7-5-6-10-20(18)23)26-13-11-17(12-14-26)22(28)25-19-8-3-2-4-9-19/h2-10,16-17H,11-15H2,1H3,(H,24,27)(H,25,28). The summed E-state index contributed by atoms with van der Waals surface area (Å²) < 4.78 is 0. The fraction of sp³-hybridized carbons (Fsp3) is 0.364. The SMILES string of the molecule is CC(C(=O)NCc1ccccc1Cl)N1CCC(C(=O)Nc2ccccc2)CC1. The largest absolute Gasteiger partial charge is 0.351 e. The number of carbonyl (C=O) groups is 2. The molecule has 6 heteroatoms. The highest BCUT2D eigenvalue weighted by Gasteiger charge is 2.29. The first-order valence-electron chi connectivity index (χ1n) is 9.65. The summed E-state index contributed by atoms with van der Waals surface area (Å²) >= 11 is 6.14. The Balaban J connectivity index is 1.45. The van der Waals surface area contributed by atoms with Crippen molar-refractivity contribution in [2.45, 2.75) is 32.4 Å². The molecular weight excluding hydrogens is 374 g/mol. The number of amides is 2. The number of halogens is 1. The van der Waals surface area contributed by atoms with Crippen LogP contribution in [0.15, 0.2) is 54.6 Å². The average molecular weight is 400 g/mol. The van der Waals surface area contributed by atoms with Crippen LogP contribution in [0.5, 0.6) is 0 Å². The zero-order chi connectivity index (χ0) is 19.9. The van der Waals surface area contributed by atoms with Crippen molar-refractivity contribution in [1.29, 1.82) is 0 Å². The van der Waals surface area contributed by atoms with Gasteiger partial charge in [-0.1, -0.05) is 48.0 Å². The summed E-state index contributed by atoms with van der Waals surface area (Å²) in [7, 11) is 0. The van der Waals surface area contributed by atoms with E-state index in [0.717, 1.165) is 37.2 Å². The minimum absolute atomic E-state index is 0.0187. The lowest BCUT2D eigenvalue weighted by Gasteiger charge is -2.34. The molecule has 2 amide bonds. The molecule has 1 aliphatic rings. The van der Waals surface area contributed by atoms with Crippen LogP contribution in [0, 0.1) is 5.92 Å². The molecule has 5 nitrogen and oxygen atoms in total. The van der Waals surface area contributed by atoms with E-state index in [9.17, 15) is 9.59 Å². The summed E-state index contributed by atoms with van der Waals surface area (Å²) in [6.07, 6.45) is 1.50. The first kappa shape index (κ1) is 20.4. The second-order valence-electron chi connectivity index (χ2n) is 7.15. The van der Waals surface area contributed by atoms with Gasteiger partial charge in [0.2, 0.25) is 11.8 Å². The zero-order valence-corrected chi connectivity index (χ0v) is 16.8. The number of hydrogen-bond acceptors (Lipinski definition) is 3. The van der Waals surface area contributed by atoms with E-state index in [0.29, 0.717) is 11.6 Å².